The van der Waals surface area contributed by atoms with Crippen LogP contribution in [0.3, 0.4) is 0 Å². The van der Waals surface area contributed by atoms with E-state index < -0.39 is 10.8 Å². The highest BCUT2D eigenvalue weighted by atomic mass is 35.5. The molecule has 2 aromatic rings. The Morgan fingerprint density at radius 3 is 2.59 bits per heavy atom. The molecule has 0 unspecified atom stereocenters. The van der Waals surface area contributed by atoms with E-state index in [0.717, 1.165) is 6.07 Å². The predicted molar refractivity (Wildman–Crippen MR) is 107 cm³/mol. The number of hydrogen-bond donors (Lipinski definition) is 2. The van der Waals surface area contributed by atoms with Crippen LogP contribution in [0, 0.1) is 21.4 Å². The molecule has 0 bridgehead atoms. The third kappa shape index (κ3) is 6.41. The number of nitrogens with one attached hydrogen (secondary N) is 2. The molecule has 0 fully saturated rings. The molecule has 10 heteroatoms. The van der Waals surface area contributed by atoms with Crippen LogP contribution in [0.4, 0.5) is 11.4 Å². The van der Waals surface area contributed by atoms with E-state index in [1.54, 1.807) is 37.4 Å². The van der Waals surface area contributed by atoms with Gasteiger partial charge >= 0.3 is 0 Å². The fourth-order valence-electron chi connectivity index (χ4n) is 2.15. The molecule has 2 N–H and O–H groups in total. The molecule has 2 aromatic carbocycles. The standard InChI is InChI=1S/C19H17ClN4O5/c1-28-15-3-5-16(6-4-15)29-9-8-22-12-13(11-21)19(25)23-14-2-7-17(20)18(10-14)24(26)27/h2-7,10,12,22H,8-9H2,1H3,(H,23,25)/b13-12-. The van der Waals surface area contributed by atoms with Gasteiger partial charge in [0.1, 0.15) is 34.8 Å². The summed E-state index contributed by atoms with van der Waals surface area (Å²) in [7, 11) is 1.57. The molecular formula is C19H17ClN4O5. The first kappa shape index (κ1) is 21.5. The highest BCUT2D eigenvalue weighted by Crippen LogP contribution is 2.27. The maximum Gasteiger partial charge on any atom is 0.289 e. The van der Waals surface area contributed by atoms with Crippen molar-refractivity contribution in [1.82, 2.24) is 5.32 Å². The number of hydrogen-bond acceptors (Lipinski definition) is 7. The third-order valence-electron chi connectivity index (χ3n) is 3.59. The zero-order valence-electron chi connectivity index (χ0n) is 15.3. The van der Waals surface area contributed by atoms with Crippen LogP contribution < -0.4 is 20.1 Å². The summed E-state index contributed by atoms with van der Waals surface area (Å²) in [6.07, 6.45) is 1.25. The number of nitriles is 1. The molecule has 0 spiro atoms. The minimum atomic E-state index is -0.715. The number of rotatable bonds is 9. The summed E-state index contributed by atoms with van der Waals surface area (Å²) in [6, 6.07) is 12.6. The Bertz CT molecular complexity index is 954. The molecular weight excluding hydrogens is 400 g/mol. The molecule has 2 rings (SSSR count). The van der Waals surface area contributed by atoms with Gasteiger partial charge in [-0.25, -0.2) is 0 Å². The summed E-state index contributed by atoms with van der Waals surface area (Å²) >= 11 is 5.73. The Morgan fingerprint density at radius 1 is 1.28 bits per heavy atom. The Hall–Kier alpha value is -3.77. The first-order valence-corrected chi connectivity index (χ1v) is 8.68. The summed E-state index contributed by atoms with van der Waals surface area (Å²) in [4.78, 5) is 22.4. The summed E-state index contributed by atoms with van der Waals surface area (Å²) in [6.45, 7) is 0.642. The number of amides is 1. The number of methoxy groups -OCH3 is 1. The van der Waals surface area contributed by atoms with Gasteiger partial charge in [0.15, 0.2) is 0 Å². The molecule has 0 aromatic heterocycles. The molecule has 1 amide bonds. The van der Waals surface area contributed by atoms with Gasteiger partial charge < -0.3 is 20.1 Å². The van der Waals surface area contributed by atoms with Crippen molar-refractivity contribution in [2.24, 2.45) is 0 Å². The Kier molecular flexibility index (Phi) is 7.82. The molecule has 150 valence electrons. The van der Waals surface area contributed by atoms with Crippen LogP contribution in [0.15, 0.2) is 54.2 Å². The molecule has 0 heterocycles. The van der Waals surface area contributed by atoms with Crippen LogP contribution in [0.2, 0.25) is 5.02 Å². The summed E-state index contributed by atoms with van der Waals surface area (Å²) in [5.41, 5.74) is -0.400. The van der Waals surface area contributed by atoms with E-state index in [0.29, 0.717) is 24.7 Å². The average molecular weight is 417 g/mol. The number of benzene rings is 2. The Labute approximate surface area is 171 Å². The van der Waals surface area contributed by atoms with Gasteiger partial charge in [0, 0.05) is 24.5 Å². The normalized spacial score (nSPS) is 10.6. The van der Waals surface area contributed by atoms with Crippen molar-refractivity contribution in [3.8, 4) is 17.6 Å². The first-order chi connectivity index (χ1) is 13.9. The quantitative estimate of drug-likeness (QED) is 0.211. The number of nitrogens with zero attached hydrogens (tertiary/aromatic N) is 2. The highest BCUT2D eigenvalue weighted by molar-refractivity contribution is 6.32. The molecule has 0 aliphatic heterocycles. The van der Waals surface area contributed by atoms with Gasteiger partial charge in [-0.2, -0.15) is 5.26 Å². The largest absolute Gasteiger partial charge is 0.497 e. The van der Waals surface area contributed by atoms with E-state index in [-0.39, 0.29) is 22.0 Å². The second-order valence-electron chi connectivity index (χ2n) is 5.53. The van der Waals surface area contributed by atoms with Crippen molar-refractivity contribution < 1.29 is 19.2 Å². The lowest BCUT2D eigenvalue weighted by Crippen LogP contribution is -2.20. The van der Waals surface area contributed by atoms with E-state index >= 15 is 0 Å². The molecule has 0 aliphatic rings. The fourth-order valence-corrected chi connectivity index (χ4v) is 2.34. The summed E-state index contributed by atoms with van der Waals surface area (Å²) < 4.78 is 10.6. The highest BCUT2D eigenvalue weighted by Gasteiger charge is 2.15. The number of nitro benzene ring substituents is 1. The number of carbonyl (C=O) groups excluding carboxylic acids is 1. The lowest BCUT2D eigenvalue weighted by molar-refractivity contribution is -0.384. The van der Waals surface area contributed by atoms with Gasteiger partial charge in [-0.05, 0) is 36.4 Å². The van der Waals surface area contributed by atoms with E-state index in [9.17, 15) is 14.9 Å². The van der Waals surface area contributed by atoms with Crippen molar-refractivity contribution in [1.29, 1.82) is 5.26 Å². The van der Waals surface area contributed by atoms with Gasteiger partial charge in [-0.3, -0.25) is 14.9 Å². The SMILES string of the molecule is COc1ccc(OCCN/C=C(/C#N)C(=O)Nc2ccc(Cl)c([N+](=O)[O-])c2)cc1. The number of halogens is 1. The second kappa shape index (κ2) is 10.5. The molecule has 0 radical (unpaired) electrons. The molecule has 0 saturated heterocycles. The zero-order valence-corrected chi connectivity index (χ0v) is 16.1. The van der Waals surface area contributed by atoms with E-state index in [1.165, 1.54) is 18.3 Å². The van der Waals surface area contributed by atoms with Crippen LogP contribution in [-0.4, -0.2) is 31.1 Å². The molecule has 29 heavy (non-hydrogen) atoms. The van der Waals surface area contributed by atoms with E-state index in [1.807, 2.05) is 0 Å². The lowest BCUT2D eigenvalue weighted by Gasteiger charge is -2.08. The molecule has 0 aliphatic carbocycles. The van der Waals surface area contributed by atoms with Crippen molar-refractivity contribution in [2.45, 2.75) is 0 Å². The van der Waals surface area contributed by atoms with Crippen molar-refractivity contribution >= 4 is 28.9 Å². The van der Waals surface area contributed by atoms with Gasteiger partial charge in [0.05, 0.1) is 12.0 Å². The average Bonchev–Trinajstić information content (AvgIpc) is 2.72. The topological polar surface area (TPSA) is 127 Å². The number of ether oxygens (including phenoxy) is 2. The lowest BCUT2D eigenvalue weighted by atomic mass is 10.2. The van der Waals surface area contributed by atoms with Crippen LogP contribution in [-0.2, 0) is 4.79 Å². The zero-order chi connectivity index (χ0) is 21.2. The first-order valence-electron chi connectivity index (χ1n) is 8.30. The van der Waals surface area contributed by atoms with Crippen LogP contribution in [0.25, 0.3) is 0 Å². The third-order valence-corrected chi connectivity index (χ3v) is 3.91. The minimum Gasteiger partial charge on any atom is -0.497 e. The van der Waals surface area contributed by atoms with E-state index in [4.69, 9.17) is 26.3 Å². The smallest absolute Gasteiger partial charge is 0.289 e. The predicted octanol–water partition coefficient (Wildman–Crippen LogP) is 3.27. The van der Waals surface area contributed by atoms with Crippen molar-refractivity contribution in [3.05, 3.63) is 69.4 Å². The number of carbonyl (C=O) groups is 1. The molecule has 0 atom stereocenters. The van der Waals surface area contributed by atoms with Gasteiger partial charge in [0.2, 0.25) is 0 Å². The molecule has 0 saturated carbocycles. The fraction of sp³-hybridized carbons (Fsp3) is 0.158. The monoisotopic (exact) mass is 416 g/mol. The summed E-state index contributed by atoms with van der Waals surface area (Å²) in [5, 5.41) is 25.2. The summed E-state index contributed by atoms with van der Waals surface area (Å²) in [5.74, 6) is 0.654. The van der Waals surface area contributed by atoms with Gasteiger partial charge in [-0.1, -0.05) is 11.6 Å². The van der Waals surface area contributed by atoms with Crippen LogP contribution >= 0.6 is 11.6 Å². The van der Waals surface area contributed by atoms with Crippen LogP contribution in [0.5, 0.6) is 11.5 Å². The minimum absolute atomic E-state index is 0.0532. The Balaban J connectivity index is 1.87. The van der Waals surface area contributed by atoms with Crippen molar-refractivity contribution in [2.75, 3.05) is 25.6 Å². The van der Waals surface area contributed by atoms with Crippen LogP contribution in [0.1, 0.15) is 0 Å². The maximum atomic E-state index is 12.2. The number of anilines is 1. The maximum absolute atomic E-state index is 12.2. The Morgan fingerprint density at radius 2 is 1.97 bits per heavy atom. The number of nitro groups is 1. The van der Waals surface area contributed by atoms with Gasteiger partial charge in [-0.15, -0.1) is 0 Å². The van der Waals surface area contributed by atoms with Gasteiger partial charge in [0.25, 0.3) is 11.6 Å². The second-order valence-corrected chi connectivity index (χ2v) is 5.93. The van der Waals surface area contributed by atoms with E-state index in [2.05, 4.69) is 10.6 Å². The van der Waals surface area contributed by atoms with Crippen molar-refractivity contribution in [3.63, 3.8) is 0 Å². The molecule has 9 nitrogen and oxygen atoms in total.